The summed E-state index contributed by atoms with van der Waals surface area (Å²) in [7, 11) is 0. The lowest BCUT2D eigenvalue weighted by atomic mass is 10.1. The predicted molar refractivity (Wildman–Crippen MR) is 103 cm³/mol. The third-order valence-corrected chi connectivity index (χ3v) is 4.09. The van der Waals surface area contributed by atoms with Crippen LogP contribution in [0.4, 0.5) is 0 Å². The maximum absolute atomic E-state index is 10.4. The van der Waals surface area contributed by atoms with E-state index in [4.69, 9.17) is 5.11 Å². The molecule has 136 valence electrons. The van der Waals surface area contributed by atoms with Crippen LogP contribution >= 0.6 is 0 Å². The number of unbranched alkanes of at least 4 members (excludes halogenated alkanes) is 13. The summed E-state index contributed by atoms with van der Waals surface area (Å²) in [5.41, 5.74) is 0. The van der Waals surface area contributed by atoms with Gasteiger partial charge in [-0.25, -0.2) is 0 Å². The zero-order valence-electron chi connectivity index (χ0n) is 15.7. The Balaban J connectivity index is 3.27. The van der Waals surface area contributed by atoms with Crippen molar-refractivity contribution in [1.29, 1.82) is 0 Å². The highest BCUT2D eigenvalue weighted by Crippen LogP contribution is 2.09. The van der Waals surface area contributed by atoms with E-state index in [1.54, 1.807) is 0 Å². The molecule has 0 amide bonds. The van der Waals surface area contributed by atoms with Gasteiger partial charge in [-0.2, -0.15) is 0 Å². The number of aliphatic carboxylic acids is 1. The van der Waals surface area contributed by atoms with Crippen molar-refractivity contribution < 1.29 is 9.90 Å². The van der Waals surface area contributed by atoms with E-state index >= 15 is 0 Å². The molecule has 0 radical (unpaired) electrons. The van der Waals surface area contributed by atoms with Crippen LogP contribution in [0.3, 0.4) is 0 Å². The quantitative estimate of drug-likeness (QED) is 0.281. The van der Waals surface area contributed by atoms with Gasteiger partial charge in [0.15, 0.2) is 0 Å². The van der Waals surface area contributed by atoms with E-state index in [9.17, 15) is 4.79 Å². The molecule has 0 aromatic heterocycles. The first-order chi connectivity index (χ1) is 11.8. The summed E-state index contributed by atoms with van der Waals surface area (Å²) in [4.78, 5) is 10.4. The second-order valence-electron chi connectivity index (χ2n) is 6.49. The fraction of sp³-hybridized carbons (Fsp3) is 0.773. The lowest BCUT2D eigenvalue weighted by Gasteiger charge is -1.98. The van der Waals surface area contributed by atoms with Crippen LogP contribution in [0.15, 0.2) is 0 Å². The van der Waals surface area contributed by atoms with Crippen LogP contribution < -0.4 is 0 Å². The van der Waals surface area contributed by atoms with Gasteiger partial charge in [-0.05, 0) is 31.1 Å². The fourth-order valence-corrected chi connectivity index (χ4v) is 2.58. The van der Waals surface area contributed by atoms with Crippen LogP contribution in [0.2, 0.25) is 0 Å². The lowest BCUT2D eigenvalue weighted by molar-refractivity contribution is -0.137. The molecular formula is C22H36O2. The van der Waals surface area contributed by atoms with Crippen LogP contribution in [0.25, 0.3) is 0 Å². The second kappa shape index (κ2) is 19.6. The van der Waals surface area contributed by atoms with Crippen molar-refractivity contribution in [3.05, 3.63) is 0 Å². The van der Waals surface area contributed by atoms with Crippen LogP contribution in [-0.2, 0) is 4.79 Å². The SMILES string of the molecule is CCCCCCCCCCC#CC#CCCCCCCCC(=O)O. The van der Waals surface area contributed by atoms with Gasteiger partial charge in [0.1, 0.15) is 0 Å². The van der Waals surface area contributed by atoms with Gasteiger partial charge in [0.05, 0.1) is 0 Å². The van der Waals surface area contributed by atoms with Gasteiger partial charge in [0, 0.05) is 19.3 Å². The van der Waals surface area contributed by atoms with Gasteiger partial charge < -0.3 is 5.11 Å². The maximum Gasteiger partial charge on any atom is 0.303 e. The Labute approximate surface area is 149 Å². The van der Waals surface area contributed by atoms with E-state index in [-0.39, 0.29) is 0 Å². The molecule has 0 heterocycles. The minimum Gasteiger partial charge on any atom is -0.481 e. The highest BCUT2D eigenvalue weighted by atomic mass is 16.4. The Morgan fingerprint density at radius 1 is 0.667 bits per heavy atom. The van der Waals surface area contributed by atoms with Crippen molar-refractivity contribution in [3.63, 3.8) is 0 Å². The van der Waals surface area contributed by atoms with Gasteiger partial charge in [0.2, 0.25) is 0 Å². The molecule has 0 saturated carbocycles. The predicted octanol–water partition coefficient (Wildman–Crippen LogP) is 6.34. The molecule has 0 rings (SSSR count). The first-order valence-electron chi connectivity index (χ1n) is 9.95. The Bertz CT molecular complexity index is 403. The van der Waals surface area contributed by atoms with Gasteiger partial charge >= 0.3 is 5.97 Å². The molecule has 0 aliphatic heterocycles. The molecule has 0 aliphatic rings. The number of hydrogen-bond acceptors (Lipinski definition) is 1. The zero-order valence-corrected chi connectivity index (χ0v) is 15.7. The Hall–Kier alpha value is -1.41. The first kappa shape index (κ1) is 22.6. The Kier molecular flexibility index (Phi) is 18.5. The van der Waals surface area contributed by atoms with Gasteiger partial charge in [-0.3, -0.25) is 4.79 Å². The standard InChI is InChI=1S/C22H36O2/c1-2-3-4-5-6-7-8-9-10-11-12-13-14-15-16-17-18-19-20-21-22(23)24/h2-10,15-21H2,1H3,(H,23,24). The van der Waals surface area contributed by atoms with Gasteiger partial charge in [-0.1, -0.05) is 83.0 Å². The monoisotopic (exact) mass is 332 g/mol. The maximum atomic E-state index is 10.4. The van der Waals surface area contributed by atoms with Crippen LogP contribution in [0, 0.1) is 23.7 Å². The van der Waals surface area contributed by atoms with Crippen LogP contribution in [-0.4, -0.2) is 11.1 Å². The molecule has 0 unspecified atom stereocenters. The summed E-state index contributed by atoms with van der Waals surface area (Å²) >= 11 is 0. The molecule has 24 heavy (non-hydrogen) atoms. The number of carboxylic acid groups (broad SMARTS) is 1. The van der Waals surface area contributed by atoms with Gasteiger partial charge in [-0.15, -0.1) is 0 Å². The summed E-state index contributed by atoms with van der Waals surface area (Å²) in [5.74, 6) is 11.5. The van der Waals surface area contributed by atoms with E-state index in [1.165, 1.54) is 51.4 Å². The first-order valence-corrected chi connectivity index (χ1v) is 9.95. The molecule has 1 N–H and O–H groups in total. The van der Waals surface area contributed by atoms with E-state index in [0.29, 0.717) is 6.42 Å². The number of rotatable bonds is 15. The third kappa shape index (κ3) is 20.6. The van der Waals surface area contributed by atoms with Crippen LogP contribution in [0.5, 0.6) is 0 Å². The molecule has 0 aromatic rings. The van der Waals surface area contributed by atoms with Crippen molar-refractivity contribution >= 4 is 5.97 Å². The minimum atomic E-state index is -0.689. The smallest absolute Gasteiger partial charge is 0.303 e. The highest BCUT2D eigenvalue weighted by molar-refractivity contribution is 5.66. The van der Waals surface area contributed by atoms with Crippen molar-refractivity contribution in [2.24, 2.45) is 0 Å². The fourth-order valence-electron chi connectivity index (χ4n) is 2.58. The van der Waals surface area contributed by atoms with Crippen molar-refractivity contribution in [2.75, 3.05) is 0 Å². The summed E-state index contributed by atoms with van der Waals surface area (Å²) in [6, 6.07) is 0. The summed E-state index contributed by atoms with van der Waals surface area (Å²) in [6.45, 7) is 2.26. The molecule has 0 spiro atoms. The Morgan fingerprint density at radius 2 is 1.08 bits per heavy atom. The van der Waals surface area contributed by atoms with E-state index in [1.807, 2.05) is 0 Å². The molecular weight excluding hydrogens is 296 g/mol. The molecule has 2 nitrogen and oxygen atoms in total. The summed E-state index contributed by atoms with van der Waals surface area (Å²) in [5, 5.41) is 8.53. The van der Waals surface area contributed by atoms with Crippen molar-refractivity contribution in [2.45, 2.75) is 110 Å². The number of carbonyl (C=O) groups is 1. The molecule has 0 aromatic carbocycles. The van der Waals surface area contributed by atoms with E-state index in [0.717, 1.165) is 44.9 Å². The third-order valence-electron chi connectivity index (χ3n) is 4.09. The molecule has 0 fully saturated rings. The molecule has 0 atom stereocenters. The minimum absolute atomic E-state index is 0.300. The van der Waals surface area contributed by atoms with E-state index in [2.05, 4.69) is 30.6 Å². The number of carboxylic acids is 1. The van der Waals surface area contributed by atoms with E-state index < -0.39 is 5.97 Å². The van der Waals surface area contributed by atoms with Crippen molar-refractivity contribution in [1.82, 2.24) is 0 Å². The van der Waals surface area contributed by atoms with Gasteiger partial charge in [0.25, 0.3) is 0 Å². The lowest BCUT2D eigenvalue weighted by Crippen LogP contribution is -1.93. The molecule has 0 saturated heterocycles. The van der Waals surface area contributed by atoms with Crippen LogP contribution in [0.1, 0.15) is 110 Å². The average Bonchev–Trinajstić information content (AvgIpc) is 2.56. The Morgan fingerprint density at radius 3 is 1.54 bits per heavy atom. The largest absolute Gasteiger partial charge is 0.481 e. The number of hydrogen-bond donors (Lipinski definition) is 1. The molecule has 2 heteroatoms. The molecule has 0 aliphatic carbocycles. The van der Waals surface area contributed by atoms with Crippen molar-refractivity contribution in [3.8, 4) is 23.7 Å². The topological polar surface area (TPSA) is 37.3 Å². The zero-order chi connectivity index (χ0) is 17.7. The summed E-state index contributed by atoms with van der Waals surface area (Å²) in [6.07, 6.45) is 18.1. The summed E-state index contributed by atoms with van der Waals surface area (Å²) < 4.78 is 0. The highest BCUT2D eigenvalue weighted by Gasteiger charge is 1.95. The second-order valence-corrected chi connectivity index (χ2v) is 6.49. The average molecular weight is 333 g/mol. The normalized spacial score (nSPS) is 9.71. The molecule has 0 bridgehead atoms.